The fourth-order valence-corrected chi connectivity index (χ4v) is 4.17. The highest BCUT2D eigenvalue weighted by Crippen LogP contribution is 2.26. The van der Waals surface area contributed by atoms with Crippen LogP contribution in [0.2, 0.25) is 0 Å². The lowest BCUT2D eigenvalue weighted by atomic mass is 9.89. The summed E-state index contributed by atoms with van der Waals surface area (Å²) in [7, 11) is 0. The Hall–Kier alpha value is -2.66. The minimum atomic E-state index is -0.132. The standard InChI is InChI=1S/C16H14N2O2.C7H13N/c1-2-18-15(11-6-4-3-5-7-11)17-14-9-8-12(19)10-13(14)16(18)20;1-4-8-5-2-7(1)3-6-8/h3-10,19H,2H2,1H3;7H,1-6H2. The van der Waals surface area contributed by atoms with Gasteiger partial charge in [0.1, 0.15) is 11.6 Å². The average Bonchev–Trinajstić information content (AvgIpc) is 2.76. The first-order chi connectivity index (χ1) is 13.7. The number of hydrogen-bond acceptors (Lipinski definition) is 4. The molecular weight excluding hydrogens is 350 g/mol. The number of nitrogens with zero attached hydrogens (tertiary/aromatic N) is 3. The van der Waals surface area contributed by atoms with Gasteiger partial charge in [-0.1, -0.05) is 30.3 Å². The van der Waals surface area contributed by atoms with Crippen LogP contribution in [0.25, 0.3) is 22.3 Å². The summed E-state index contributed by atoms with van der Waals surface area (Å²) < 4.78 is 1.62. The molecule has 0 amide bonds. The fraction of sp³-hybridized carbons (Fsp3) is 0.391. The largest absolute Gasteiger partial charge is 0.508 e. The van der Waals surface area contributed by atoms with E-state index in [2.05, 4.69) is 9.88 Å². The van der Waals surface area contributed by atoms with Crippen molar-refractivity contribution in [2.24, 2.45) is 5.92 Å². The van der Waals surface area contributed by atoms with Crippen molar-refractivity contribution in [3.63, 3.8) is 0 Å². The smallest absolute Gasteiger partial charge is 0.261 e. The van der Waals surface area contributed by atoms with Crippen molar-refractivity contribution < 1.29 is 5.11 Å². The third-order valence-corrected chi connectivity index (χ3v) is 5.85. The fourth-order valence-electron chi connectivity index (χ4n) is 4.17. The molecule has 5 heteroatoms. The molecule has 3 fully saturated rings. The van der Waals surface area contributed by atoms with Gasteiger partial charge in [-0.3, -0.25) is 9.36 Å². The molecule has 6 rings (SSSR count). The van der Waals surface area contributed by atoms with Crippen LogP contribution in [0.4, 0.5) is 0 Å². The van der Waals surface area contributed by atoms with E-state index in [0.29, 0.717) is 23.3 Å². The topological polar surface area (TPSA) is 58.4 Å². The molecule has 0 unspecified atom stereocenters. The molecule has 1 N–H and O–H groups in total. The Morgan fingerprint density at radius 3 is 2.25 bits per heavy atom. The second-order valence-electron chi connectivity index (χ2n) is 7.63. The van der Waals surface area contributed by atoms with Crippen molar-refractivity contribution in [3.8, 4) is 17.1 Å². The maximum absolute atomic E-state index is 12.5. The van der Waals surface area contributed by atoms with E-state index >= 15 is 0 Å². The number of piperidine rings is 3. The molecule has 2 bridgehead atoms. The molecule has 3 saturated heterocycles. The number of aromatic hydroxyl groups is 1. The van der Waals surface area contributed by atoms with E-state index in [1.165, 1.54) is 45.0 Å². The molecule has 4 heterocycles. The lowest BCUT2D eigenvalue weighted by Gasteiger charge is -2.38. The van der Waals surface area contributed by atoms with E-state index in [1.54, 1.807) is 16.7 Å². The number of hydrogen-bond donors (Lipinski definition) is 1. The van der Waals surface area contributed by atoms with E-state index < -0.39 is 0 Å². The number of phenolic OH excluding ortho intramolecular Hbond substituents is 1. The normalized spacial score (nSPS) is 20.6. The first-order valence-corrected chi connectivity index (χ1v) is 10.2. The highest BCUT2D eigenvalue weighted by Gasteiger charge is 2.24. The van der Waals surface area contributed by atoms with Crippen LogP contribution in [-0.2, 0) is 6.54 Å². The molecule has 5 nitrogen and oxygen atoms in total. The van der Waals surface area contributed by atoms with Crippen molar-refractivity contribution in [1.29, 1.82) is 0 Å². The molecule has 0 saturated carbocycles. The maximum atomic E-state index is 12.5. The molecule has 1 aromatic heterocycles. The Bertz CT molecular complexity index is 983. The third-order valence-electron chi connectivity index (χ3n) is 5.85. The number of fused-ring (bicyclic) bond motifs is 4. The zero-order valence-electron chi connectivity index (χ0n) is 16.3. The Morgan fingerprint density at radius 1 is 1.04 bits per heavy atom. The second-order valence-corrected chi connectivity index (χ2v) is 7.63. The Labute approximate surface area is 165 Å². The average molecular weight is 377 g/mol. The number of rotatable bonds is 2. The summed E-state index contributed by atoms with van der Waals surface area (Å²) in [6.07, 6.45) is 4.46. The number of phenols is 1. The molecule has 3 aliphatic rings. The Kier molecular flexibility index (Phi) is 5.44. The lowest BCUT2D eigenvalue weighted by Crippen LogP contribution is -2.41. The van der Waals surface area contributed by atoms with Crippen LogP contribution in [0.5, 0.6) is 5.75 Å². The van der Waals surface area contributed by atoms with Crippen molar-refractivity contribution in [3.05, 3.63) is 58.9 Å². The third kappa shape index (κ3) is 3.80. The molecule has 0 spiro atoms. The van der Waals surface area contributed by atoms with Gasteiger partial charge in [-0.2, -0.15) is 0 Å². The molecule has 3 aromatic rings. The van der Waals surface area contributed by atoms with E-state index in [0.717, 1.165) is 11.5 Å². The van der Waals surface area contributed by atoms with Crippen molar-refractivity contribution >= 4 is 10.9 Å². The molecule has 0 aliphatic carbocycles. The molecule has 3 aliphatic heterocycles. The van der Waals surface area contributed by atoms with Crippen LogP contribution in [-0.4, -0.2) is 39.2 Å². The highest BCUT2D eigenvalue weighted by atomic mass is 16.3. The van der Waals surface area contributed by atoms with E-state index in [-0.39, 0.29) is 11.3 Å². The van der Waals surface area contributed by atoms with Gasteiger partial charge in [0, 0.05) is 12.1 Å². The molecular formula is C23H27N3O2. The van der Waals surface area contributed by atoms with Crippen molar-refractivity contribution in [2.45, 2.75) is 32.7 Å². The quantitative estimate of drug-likeness (QED) is 0.736. The summed E-state index contributed by atoms with van der Waals surface area (Å²) in [5.41, 5.74) is 1.37. The summed E-state index contributed by atoms with van der Waals surface area (Å²) in [5, 5.41) is 9.97. The molecule has 0 radical (unpaired) electrons. The second kappa shape index (κ2) is 8.15. The number of benzene rings is 2. The SMILES string of the molecule is C1CN2CCC1CC2.CCn1c(-c2ccccc2)nc2ccc(O)cc2c1=O. The van der Waals surface area contributed by atoms with Gasteiger partial charge in [-0.05, 0) is 69.9 Å². The van der Waals surface area contributed by atoms with Crippen LogP contribution >= 0.6 is 0 Å². The zero-order valence-corrected chi connectivity index (χ0v) is 16.3. The summed E-state index contributed by atoms with van der Waals surface area (Å²) in [5.74, 6) is 1.84. The summed E-state index contributed by atoms with van der Waals surface area (Å²) in [6.45, 7) is 6.62. The summed E-state index contributed by atoms with van der Waals surface area (Å²) in [6, 6.07) is 14.3. The minimum absolute atomic E-state index is 0.0755. The van der Waals surface area contributed by atoms with Gasteiger partial charge >= 0.3 is 0 Å². The summed E-state index contributed by atoms with van der Waals surface area (Å²) in [4.78, 5) is 19.7. The lowest BCUT2D eigenvalue weighted by molar-refractivity contribution is 0.111. The molecule has 2 aromatic carbocycles. The van der Waals surface area contributed by atoms with Gasteiger partial charge in [-0.25, -0.2) is 4.98 Å². The maximum Gasteiger partial charge on any atom is 0.261 e. The van der Waals surface area contributed by atoms with Gasteiger partial charge in [0.15, 0.2) is 0 Å². The summed E-state index contributed by atoms with van der Waals surface area (Å²) >= 11 is 0. The van der Waals surface area contributed by atoms with Gasteiger partial charge < -0.3 is 10.0 Å². The monoisotopic (exact) mass is 377 g/mol. The van der Waals surface area contributed by atoms with E-state index in [4.69, 9.17) is 0 Å². The molecule has 28 heavy (non-hydrogen) atoms. The predicted molar refractivity (Wildman–Crippen MR) is 113 cm³/mol. The van der Waals surface area contributed by atoms with Gasteiger partial charge in [0.2, 0.25) is 0 Å². The van der Waals surface area contributed by atoms with Crippen LogP contribution in [0.15, 0.2) is 53.3 Å². The van der Waals surface area contributed by atoms with Crippen LogP contribution < -0.4 is 5.56 Å². The van der Waals surface area contributed by atoms with E-state index in [1.807, 2.05) is 37.3 Å². The molecule has 146 valence electrons. The number of aromatic nitrogens is 2. The highest BCUT2D eigenvalue weighted by molar-refractivity contribution is 5.81. The Balaban J connectivity index is 0.000000198. The van der Waals surface area contributed by atoms with Crippen LogP contribution in [0.1, 0.15) is 26.2 Å². The Morgan fingerprint density at radius 2 is 1.71 bits per heavy atom. The van der Waals surface area contributed by atoms with Gasteiger partial charge in [0.05, 0.1) is 10.9 Å². The first kappa shape index (κ1) is 18.7. The first-order valence-electron chi connectivity index (χ1n) is 10.2. The zero-order chi connectivity index (χ0) is 19.5. The van der Waals surface area contributed by atoms with Crippen molar-refractivity contribution in [1.82, 2.24) is 14.5 Å². The van der Waals surface area contributed by atoms with Gasteiger partial charge in [-0.15, -0.1) is 0 Å². The van der Waals surface area contributed by atoms with E-state index in [9.17, 15) is 9.90 Å². The minimum Gasteiger partial charge on any atom is -0.508 e. The van der Waals surface area contributed by atoms with Gasteiger partial charge in [0.25, 0.3) is 5.56 Å². The van der Waals surface area contributed by atoms with Crippen LogP contribution in [0.3, 0.4) is 0 Å². The predicted octanol–water partition coefficient (Wildman–Crippen LogP) is 3.89. The van der Waals surface area contributed by atoms with Crippen LogP contribution in [0, 0.1) is 5.92 Å². The van der Waals surface area contributed by atoms with Crippen molar-refractivity contribution in [2.75, 3.05) is 19.6 Å². The molecule has 0 atom stereocenters.